The SMILES string of the molecule is CC.I[I-]I.Oc1ccccc1. The Labute approximate surface area is 104 Å². The fourth-order valence-corrected chi connectivity index (χ4v) is 0.428. The predicted molar refractivity (Wildman–Crippen MR) is 67.5 cm³/mol. The number of hydrogen-bond donors (Lipinski definition) is 1. The molecule has 1 aromatic carbocycles. The van der Waals surface area contributed by atoms with Crippen molar-refractivity contribution in [2.45, 2.75) is 13.8 Å². The molecule has 0 aliphatic rings. The van der Waals surface area contributed by atoms with E-state index in [4.69, 9.17) is 5.11 Å². The van der Waals surface area contributed by atoms with Crippen molar-refractivity contribution in [1.29, 1.82) is 0 Å². The molecule has 0 aliphatic carbocycles. The zero-order chi connectivity index (χ0) is 9.82. The summed E-state index contributed by atoms with van der Waals surface area (Å²) in [6.07, 6.45) is 0. The quantitative estimate of drug-likeness (QED) is 0.527. The topological polar surface area (TPSA) is 20.2 Å². The molecule has 1 rings (SSSR count). The van der Waals surface area contributed by atoms with Crippen molar-refractivity contribution in [1.82, 2.24) is 0 Å². The van der Waals surface area contributed by atoms with E-state index in [1.165, 1.54) is 0 Å². The Hall–Kier alpha value is 1.21. The van der Waals surface area contributed by atoms with Crippen molar-refractivity contribution >= 4 is 37.2 Å². The van der Waals surface area contributed by atoms with Gasteiger partial charge >= 0.3 is 50.5 Å². The van der Waals surface area contributed by atoms with Gasteiger partial charge in [0.05, 0.1) is 0 Å². The third-order valence-electron chi connectivity index (χ3n) is 0.756. The van der Waals surface area contributed by atoms with E-state index in [0.29, 0.717) is 19.0 Å². The van der Waals surface area contributed by atoms with E-state index in [1.54, 1.807) is 24.3 Å². The van der Waals surface area contributed by atoms with Crippen LogP contribution in [0.2, 0.25) is 0 Å². The largest absolute Gasteiger partial charge is 0.508 e. The molecule has 1 aromatic rings. The molecule has 0 saturated heterocycles. The van der Waals surface area contributed by atoms with E-state index < -0.39 is 0 Å². The summed E-state index contributed by atoms with van der Waals surface area (Å²) >= 11 is 5.30. The average molecular weight is 505 g/mol. The molecule has 0 unspecified atom stereocenters. The molecule has 12 heavy (non-hydrogen) atoms. The molecule has 0 aliphatic heterocycles. The standard InChI is InChI=1S/C6H6O.C2H6.I3/c7-6-4-2-1-3-5-6;1-2;1-3-2/h1-5,7H;1-2H3;/q;;-1. The molecule has 0 heterocycles. The van der Waals surface area contributed by atoms with Gasteiger partial charge in [0.25, 0.3) is 0 Å². The summed E-state index contributed by atoms with van der Waals surface area (Å²) in [5.41, 5.74) is 0. The maximum atomic E-state index is 8.63. The fraction of sp³-hybridized carbons (Fsp3) is 0.250. The monoisotopic (exact) mass is 505 g/mol. The molecular weight excluding hydrogens is 493 g/mol. The first-order chi connectivity index (χ1) is 5.81. The molecule has 1 nitrogen and oxygen atoms in total. The molecule has 0 aromatic heterocycles. The first-order valence-corrected chi connectivity index (χ1v) is 16.0. The van der Waals surface area contributed by atoms with Crippen molar-refractivity contribution in [2.75, 3.05) is 0 Å². The van der Waals surface area contributed by atoms with Crippen LogP contribution in [0.25, 0.3) is 0 Å². The maximum absolute atomic E-state index is 8.63. The molecule has 0 fully saturated rings. The van der Waals surface area contributed by atoms with Crippen LogP contribution in [-0.2, 0) is 0 Å². The molecule has 1 N–H and O–H groups in total. The Kier molecular flexibility index (Phi) is 19.2. The number of benzene rings is 1. The molecule has 0 bridgehead atoms. The first kappa shape index (κ1) is 15.7. The summed E-state index contributed by atoms with van der Waals surface area (Å²) in [4.78, 5) is 0. The average Bonchev–Trinajstić information content (AvgIpc) is 2.11. The van der Waals surface area contributed by atoms with Gasteiger partial charge in [-0.3, -0.25) is 0 Å². The van der Waals surface area contributed by atoms with Gasteiger partial charge in [-0.05, 0) is 12.1 Å². The molecule has 4 heteroatoms. The summed E-state index contributed by atoms with van der Waals surface area (Å²) in [5.74, 6) is 0.322. The van der Waals surface area contributed by atoms with Gasteiger partial charge in [-0.2, -0.15) is 0 Å². The van der Waals surface area contributed by atoms with Gasteiger partial charge < -0.3 is 5.11 Å². The molecule has 72 valence electrons. The number of aromatic hydroxyl groups is 1. The van der Waals surface area contributed by atoms with Gasteiger partial charge in [0, 0.05) is 0 Å². The van der Waals surface area contributed by atoms with Crippen LogP contribution in [0.4, 0.5) is 0 Å². The van der Waals surface area contributed by atoms with E-state index in [9.17, 15) is 0 Å². The Morgan fingerprint density at radius 3 is 1.58 bits per heavy atom. The van der Waals surface area contributed by atoms with E-state index in [1.807, 2.05) is 19.9 Å². The van der Waals surface area contributed by atoms with E-state index in [0.717, 1.165) is 0 Å². The van der Waals surface area contributed by atoms with Crippen LogP contribution in [0.5, 0.6) is 5.75 Å². The van der Waals surface area contributed by atoms with Gasteiger partial charge in [-0.15, -0.1) is 0 Å². The van der Waals surface area contributed by atoms with Crippen molar-refractivity contribution in [3.05, 3.63) is 30.3 Å². The van der Waals surface area contributed by atoms with Crippen LogP contribution in [0, 0.1) is 0 Å². The third kappa shape index (κ3) is 13.8. The van der Waals surface area contributed by atoms with Crippen LogP contribution in [-0.4, -0.2) is 5.11 Å². The molecule has 0 saturated carbocycles. The Morgan fingerprint density at radius 2 is 1.42 bits per heavy atom. The van der Waals surface area contributed by atoms with Gasteiger partial charge in [0.2, 0.25) is 0 Å². The van der Waals surface area contributed by atoms with Crippen molar-refractivity contribution in [3.63, 3.8) is 0 Å². The number of halogens is 3. The summed E-state index contributed by atoms with van der Waals surface area (Å²) in [7, 11) is 0. The van der Waals surface area contributed by atoms with Crippen LogP contribution in [0.1, 0.15) is 13.8 Å². The number of phenols is 1. The molecule has 0 amide bonds. The predicted octanol–water partition coefficient (Wildman–Crippen LogP) is 1.19. The number of phenolic OH excluding ortho intramolecular Hbond substituents is 1. The first-order valence-electron chi connectivity index (χ1n) is 3.42. The van der Waals surface area contributed by atoms with Gasteiger partial charge in [0.1, 0.15) is 5.75 Å². The molecular formula is C8H12I3O-. The summed E-state index contributed by atoms with van der Waals surface area (Å²) in [6.45, 7) is 4.00. The third-order valence-corrected chi connectivity index (χ3v) is 0.756. The Balaban J connectivity index is 0. The Morgan fingerprint density at radius 1 is 1.08 bits per heavy atom. The zero-order valence-electron chi connectivity index (χ0n) is 6.97. The van der Waals surface area contributed by atoms with Crippen LogP contribution in [0.15, 0.2) is 30.3 Å². The molecule has 0 radical (unpaired) electrons. The normalized spacial score (nSPS) is 7.33. The van der Waals surface area contributed by atoms with E-state index in [2.05, 4.69) is 37.2 Å². The zero-order valence-corrected chi connectivity index (χ0v) is 13.4. The smallest absolute Gasteiger partial charge is 0.115 e. The summed E-state index contributed by atoms with van der Waals surface area (Å²) in [6, 6.07) is 8.71. The summed E-state index contributed by atoms with van der Waals surface area (Å²) < 4.78 is 0. The second-order valence-corrected chi connectivity index (χ2v) is 17.6. The Bertz CT molecular complexity index is 156. The van der Waals surface area contributed by atoms with Crippen molar-refractivity contribution in [2.24, 2.45) is 0 Å². The van der Waals surface area contributed by atoms with Gasteiger partial charge in [-0.25, -0.2) is 0 Å². The van der Waals surface area contributed by atoms with E-state index in [-0.39, 0.29) is 0 Å². The van der Waals surface area contributed by atoms with Gasteiger partial charge in [-0.1, -0.05) is 32.0 Å². The van der Waals surface area contributed by atoms with Crippen LogP contribution >= 0.6 is 37.2 Å². The second kappa shape index (κ2) is 14.7. The van der Waals surface area contributed by atoms with Crippen molar-refractivity contribution < 1.29 is 18.4 Å². The van der Waals surface area contributed by atoms with Crippen LogP contribution < -0.4 is 13.3 Å². The maximum Gasteiger partial charge on any atom is 0.115 e. The number of hydrogen-bond acceptors (Lipinski definition) is 1. The number of para-hydroxylation sites is 1. The van der Waals surface area contributed by atoms with E-state index >= 15 is 0 Å². The molecule has 0 atom stereocenters. The minimum Gasteiger partial charge on any atom is -0.508 e. The number of rotatable bonds is 0. The minimum atomic E-state index is 0.322. The van der Waals surface area contributed by atoms with Crippen LogP contribution in [0.3, 0.4) is 0 Å². The van der Waals surface area contributed by atoms with Gasteiger partial charge in [0.15, 0.2) is 0 Å². The fourth-order valence-electron chi connectivity index (χ4n) is 0.428. The second-order valence-electron chi connectivity index (χ2n) is 1.39. The van der Waals surface area contributed by atoms with Crippen molar-refractivity contribution in [3.8, 4) is 5.75 Å². The summed E-state index contributed by atoms with van der Waals surface area (Å²) in [5, 5.41) is 8.63. The minimum absolute atomic E-state index is 0.322. The molecule has 0 spiro atoms.